The predicted molar refractivity (Wildman–Crippen MR) is 106 cm³/mol. The van der Waals surface area contributed by atoms with Crippen molar-refractivity contribution in [3.8, 4) is 0 Å². The van der Waals surface area contributed by atoms with Gasteiger partial charge in [-0.05, 0) is 32.0 Å². The number of anilines is 1. The van der Waals surface area contributed by atoms with Crippen LogP contribution in [-0.2, 0) is 11.2 Å². The Kier molecular flexibility index (Phi) is 7.14. The summed E-state index contributed by atoms with van der Waals surface area (Å²) in [6.07, 6.45) is 1.29. The van der Waals surface area contributed by atoms with Gasteiger partial charge in [0.25, 0.3) is 5.91 Å². The van der Waals surface area contributed by atoms with Gasteiger partial charge in [0, 0.05) is 30.6 Å². The highest BCUT2D eigenvalue weighted by molar-refractivity contribution is 7.09. The number of halogens is 1. The Bertz CT molecular complexity index is 753. The van der Waals surface area contributed by atoms with Crippen LogP contribution in [0.15, 0.2) is 35.7 Å². The van der Waals surface area contributed by atoms with Gasteiger partial charge in [0.05, 0.1) is 5.01 Å². The lowest BCUT2D eigenvalue weighted by Crippen LogP contribution is -2.45. The van der Waals surface area contributed by atoms with Crippen LogP contribution in [0.3, 0.4) is 0 Å². The highest BCUT2D eigenvalue weighted by Gasteiger charge is 2.38. The standard InChI is InChI=1S/C18H22N4O2S.ClH/c1-2-21(17(23)14-12-25-16(20-14)8-10-19)15-9-11-22(18(15)24)13-6-4-3-5-7-13;/h3-7,12,15H,2,8-11,19H2,1H3;1H. The van der Waals surface area contributed by atoms with Crippen LogP contribution >= 0.6 is 23.7 Å². The number of rotatable bonds is 6. The molecule has 26 heavy (non-hydrogen) atoms. The molecule has 1 saturated heterocycles. The number of para-hydroxylation sites is 1. The van der Waals surface area contributed by atoms with Crippen molar-refractivity contribution >= 4 is 41.2 Å². The van der Waals surface area contributed by atoms with Crippen molar-refractivity contribution in [2.45, 2.75) is 25.8 Å². The van der Waals surface area contributed by atoms with Crippen LogP contribution in [0, 0.1) is 0 Å². The number of carbonyl (C=O) groups excluding carboxylic acids is 2. The Balaban J connectivity index is 0.00000243. The van der Waals surface area contributed by atoms with E-state index in [-0.39, 0.29) is 24.2 Å². The number of likely N-dealkylation sites (N-methyl/N-ethyl adjacent to an activating group) is 1. The van der Waals surface area contributed by atoms with Crippen LogP contribution in [0.5, 0.6) is 0 Å². The molecule has 1 aliphatic heterocycles. The number of hydrogen-bond acceptors (Lipinski definition) is 5. The van der Waals surface area contributed by atoms with Gasteiger partial charge < -0.3 is 15.5 Å². The quantitative estimate of drug-likeness (QED) is 0.815. The molecule has 6 nitrogen and oxygen atoms in total. The second-order valence-corrected chi connectivity index (χ2v) is 6.83. The molecule has 1 fully saturated rings. The molecule has 2 N–H and O–H groups in total. The number of aromatic nitrogens is 1. The molecule has 0 spiro atoms. The number of thiazole rings is 1. The molecule has 1 aromatic carbocycles. The van der Waals surface area contributed by atoms with E-state index in [0.717, 1.165) is 10.7 Å². The maximum absolute atomic E-state index is 12.8. The summed E-state index contributed by atoms with van der Waals surface area (Å²) in [5.74, 6) is -0.214. The van der Waals surface area contributed by atoms with Crippen LogP contribution in [0.1, 0.15) is 28.8 Å². The summed E-state index contributed by atoms with van der Waals surface area (Å²) >= 11 is 1.44. The van der Waals surface area contributed by atoms with Gasteiger partial charge in [-0.1, -0.05) is 18.2 Å². The van der Waals surface area contributed by atoms with Crippen molar-refractivity contribution in [1.29, 1.82) is 0 Å². The number of nitrogens with zero attached hydrogens (tertiary/aromatic N) is 3. The lowest BCUT2D eigenvalue weighted by Gasteiger charge is -2.26. The third-order valence-electron chi connectivity index (χ3n) is 4.35. The van der Waals surface area contributed by atoms with E-state index in [1.54, 1.807) is 15.2 Å². The predicted octanol–water partition coefficient (Wildman–Crippen LogP) is 2.33. The molecule has 1 atom stereocenters. The first-order chi connectivity index (χ1) is 12.2. The number of carbonyl (C=O) groups is 2. The van der Waals surface area contributed by atoms with Gasteiger partial charge in [-0.2, -0.15) is 0 Å². The van der Waals surface area contributed by atoms with Gasteiger partial charge in [-0.15, -0.1) is 23.7 Å². The first-order valence-electron chi connectivity index (χ1n) is 8.47. The van der Waals surface area contributed by atoms with Crippen LogP contribution in [0.2, 0.25) is 0 Å². The number of benzene rings is 1. The number of hydrogen-bond donors (Lipinski definition) is 1. The first-order valence-corrected chi connectivity index (χ1v) is 9.35. The Hall–Kier alpha value is -1.96. The summed E-state index contributed by atoms with van der Waals surface area (Å²) in [6.45, 7) is 3.49. The third-order valence-corrected chi connectivity index (χ3v) is 5.26. The van der Waals surface area contributed by atoms with Crippen molar-refractivity contribution < 1.29 is 9.59 Å². The monoisotopic (exact) mass is 394 g/mol. The summed E-state index contributed by atoms with van der Waals surface area (Å²) in [5.41, 5.74) is 6.82. The minimum atomic E-state index is -0.433. The summed E-state index contributed by atoms with van der Waals surface area (Å²) in [7, 11) is 0. The van der Waals surface area contributed by atoms with Crippen LogP contribution < -0.4 is 10.6 Å². The summed E-state index contributed by atoms with van der Waals surface area (Å²) < 4.78 is 0. The van der Waals surface area contributed by atoms with Crippen LogP contribution in [0.4, 0.5) is 5.69 Å². The molecule has 2 heterocycles. The minimum absolute atomic E-state index is 0. The van der Waals surface area contributed by atoms with E-state index < -0.39 is 6.04 Å². The molecule has 0 saturated carbocycles. The highest BCUT2D eigenvalue weighted by Crippen LogP contribution is 2.25. The zero-order chi connectivity index (χ0) is 17.8. The van der Waals surface area contributed by atoms with E-state index in [4.69, 9.17) is 5.73 Å². The number of nitrogens with two attached hydrogens (primary N) is 1. The molecule has 0 radical (unpaired) electrons. The maximum Gasteiger partial charge on any atom is 0.274 e. The minimum Gasteiger partial charge on any atom is -0.330 e. The van der Waals surface area contributed by atoms with Gasteiger partial charge in [-0.25, -0.2) is 4.98 Å². The molecule has 1 aliphatic rings. The Morgan fingerprint density at radius 3 is 2.77 bits per heavy atom. The third kappa shape index (κ3) is 4.06. The molecular weight excluding hydrogens is 372 g/mol. The largest absolute Gasteiger partial charge is 0.330 e. The van der Waals surface area contributed by atoms with Crippen molar-refractivity contribution in [2.75, 3.05) is 24.5 Å². The lowest BCUT2D eigenvalue weighted by atomic mass is 10.2. The molecule has 1 unspecified atom stereocenters. The van der Waals surface area contributed by atoms with Gasteiger partial charge >= 0.3 is 0 Å². The van der Waals surface area contributed by atoms with E-state index in [9.17, 15) is 9.59 Å². The fraction of sp³-hybridized carbons (Fsp3) is 0.389. The van der Waals surface area contributed by atoms with E-state index in [1.165, 1.54) is 11.3 Å². The molecule has 0 bridgehead atoms. The van der Waals surface area contributed by atoms with Crippen molar-refractivity contribution in [1.82, 2.24) is 9.88 Å². The van der Waals surface area contributed by atoms with Crippen molar-refractivity contribution in [2.24, 2.45) is 5.73 Å². The van der Waals surface area contributed by atoms with Gasteiger partial charge in [-0.3, -0.25) is 9.59 Å². The smallest absolute Gasteiger partial charge is 0.274 e. The lowest BCUT2D eigenvalue weighted by molar-refractivity contribution is -0.120. The second kappa shape index (κ2) is 9.12. The zero-order valence-corrected chi connectivity index (χ0v) is 16.3. The van der Waals surface area contributed by atoms with Gasteiger partial charge in [0.15, 0.2) is 0 Å². The SMILES string of the molecule is CCN(C(=O)c1csc(CCN)n1)C1CCN(c2ccccc2)C1=O.Cl. The van der Waals surface area contributed by atoms with E-state index in [2.05, 4.69) is 4.98 Å². The molecule has 8 heteroatoms. The van der Waals surface area contributed by atoms with Crippen LogP contribution in [0.25, 0.3) is 0 Å². The molecule has 140 valence electrons. The van der Waals surface area contributed by atoms with Crippen molar-refractivity contribution in [3.05, 3.63) is 46.4 Å². The van der Waals surface area contributed by atoms with E-state index in [0.29, 0.717) is 38.2 Å². The fourth-order valence-corrected chi connectivity index (χ4v) is 3.91. The number of amides is 2. The molecule has 1 aromatic heterocycles. The zero-order valence-electron chi connectivity index (χ0n) is 14.6. The van der Waals surface area contributed by atoms with Gasteiger partial charge in [0.1, 0.15) is 11.7 Å². The summed E-state index contributed by atoms with van der Waals surface area (Å²) in [5, 5.41) is 2.61. The second-order valence-electron chi connectivity index (χ2n) is 5.89. The Morgan fingerprint density at radius 1 is 1.38 bits per heavy atom. The summed E-state index contributed by atoms with van der Waals surface area (Å²) in [6, 6.07) is 9.14. The Morgan fingerprint density at radius 2 is 2.12 bits per heavy atom. The molecule has 2 aromatic rings. The van der Waals surface area contributed by atoms with Gasteiger partial charge in [0.2, 0.25) is 5.91 Å². The fourth-order valence-electron chi connectivity index (χ4n) is 3.12. The van der Waals surface area contributed by atoms with Crippen molar-refractivity contribution in [3.63, 3.8) is 0 Å². The first kappa shape index (κ1) is 20.4. The average molecular weight is 395 g/mol. The topological polar surface area (TPSA) is 79.5 Å². The van der Waals surface area contributed by atoms with E-state index >= 15 is 0 Å². The average Bonchev–Trinajstić information content (AvgIpc) is 3.24. The Labute approximate surface area is 163 Å². The van der Waals surface area contributed by atoms with Crippen LogP contribution in [-0.4, -0.2) is 47.4 Å². The molecule has 0 aliphatic carbocycles. The molecule has 2 amide bonds. The molecule has 3 rings (SSSR count). The van der Waals surface area contributed by atoms with E-state index in [1.807, 2.05) is 37.3 Å². The molecular formula is C18H23ClN4O2S. The highest BCUT2D eigenvalue weighted by atomic mass is 35.5. The summed E-state index contributed by atoms with van der Waals surface area (Å²) in [4.78, 5) is 33.4. The maximum atomic E-state index is 12.8. The normalized spacial score (nSPS) is 16.5.